The molecule has 0 spiro atoms. The average Bonchev–Trinajstić information content (AvgIpc) is 3.21. The van der Waals surface area contributed by atoms with Gasteiger partial charge in [0.1, 0.15) is 5.82 Å². The van der Waals surface area contributed by atoms with E-state index in [1.54, 1.807) is 6.20 Å². The fraction of sp³-hybridized carbons (Fsp3) is 0.300. The van der Waals surface area contributed by atoms with Crippen LogP contribution in [0.3, 0.4) is 0 Å². The summed E-state index contributed by atoms with van der Waals surface area (Å²) in [5, 5.41) is 10.5. The van der Waals surface area contributed by atoms with Crippen LogP contribution in [-0.4, -0.2) is 23.2 Å². The highest BCUT2D eigenvalue weighted by Gasteiger charge is 2.18. The van der Waals surface area contributed by atoms with Crippen molar-refractivity contribution < 1.29 is 4.52 Å². The van der Waals surface area contributed by atoms with Crippen molar-refractivity contribution >= 4 is 5.82 Å². The second kappa shape index (κ2) is 7.49. The molecule has 0 amide bonds. The second-order valence-corrected chi connectivity index (χ2v) is 6.37. The topological polar surface area (TPSA) is 63.0 Å². The van der Waals surface area contributed by atoms with Crippen molar-refractivity contribution in [2.24, 2.45) is 0 Å². The smallest absolute Gasteiger partial charge is 0.155 e. The van der Waals surface area contributed by atoms with Gasteiger partial charge < -0.3 is 15.2 Å². The lowest BCUT2D eigenvalue weighted by Crippen LogP contribution is -2.26. The van der Waals surface area contributed by atoms with Crippen molar-refractivity contribution in [1.29, 1.82) is 0 Å². The SMILES string of the molecule is c1ccc(C2CCNCC2)c(-c2ccnc(NCc3ccno3)c2)c1. The third-order valence-electron chi connectivity index (χ3n) is 4.75. The fourth-order valence-electron chi connectivity index (χ4n) is 3.45. The first-order chi connectivity index (χ1) is 12.4. The number of nitrogens with zero attached hydrogens (tertiary/aromatic N) is 2. The summed E-state index contributed by atoms with van der Waals surface area (Å²) in [6.07, 6.45) is 5.89. The van der Waals surface area contributed by atoms with Crippen LogP contribution >= 0.6 is 0 Å². The number of piperidine rings is 1. The quantitative estimate of drug-likeness (QED) is 0.743. The van der Waals surface area contributed by atoms with Gasteiger partial charge in [0.2, 0.25) is 0 Å². The normalized spacial score (nSPS) is 15.2. The van der Waals surface area contributed by atoms with E-state index in [2.05, 4.69) is 57.2 Å². The van der Waals surface area contributed by atoms with E-state index < -0.39 is 0 Å². The van der Waals surface area contributed by atoms with Crippen molar-refractivity contribution in [3.05, 3.63) is 66.2 Å². The minimum atomic E-state index is 0.576. The molecule has 0 saturated carbocycles. The number of pyridine rings is 1. The Morgan fingerprint density at radius 1 is 1.08 bits per heavy atom. The van der Waals surface area contributed by atoms with E-state index >= 15 is 0 Å². The van der Waals surface area contributed by atoms with Crippen molar-refractivity contribution in [1.82, 2.24) is 15.5 Å². The van der Waals surface area contributed by atoms with Gasteiger partial charge in [0.15, 0.2) is 5.76 Å². The molecule has 1 aliphatic heterocycles. The van der Waals surface area contributed by atoms with Crippen molar-refractivity contribution in [3.63, 3.8) is 0 Å². The minimum absolute atomic E-state index is 0.576. The zero-order valence-electron chi connectivity index (χ0n) is 14.1. The molecule has 2 aromatic heterocycles. The molecule has 0 unspecified atom stereocenters. The molecule has 5 heteroatoms. The highest BCUT2D eigenvalue weighted by Crippen LogP contribution is 2.34. The molecule has 4 rings (SSSR count). The number of aromatic nitrogens is 2. The fourth-order valence-corrected chi connectivity index (χ4v) is 3.45. The first-order valence-corrected chi connectivity index (χ1v) is 8.79. The lowest BCUT2D eigenvalue weighted by Gasteiger charge is -2.25. The van der Waals surface area contributed by atoms with Gasteiger partial charge in [0, 0.05) is 12.3 Å². The largest absolute Gasteiger partial charge is 0.363 e. The minimum Gasteiger partial charge on any atom is -0.363 e. The third-order valence-corrected chi connectivity index (χ3v) is 4.75. The molecular formula is C20H22N4O. The van der Waals surface area contributed by atoms with E-state index in [4.69, 9.17) is 4.52 Å². The summed E-state index contributed by atoms with van der Waals surface area (Å²) >= 11 is 0. The molecule has 1 saturated heterocycles. The standard InChI is InChI=1S/C20H22N4O/c1-2-4-19(18(3-1)15-5-9-21-10-6-15)16-7-11-22-20(13-16)23-14-17-8-12-24-25-17/h1-4,7-8,11-13,15,21H,5-6,9-10,14H2,(H,22,23). The van der Waals surface area contributed by atoms with Gasteiger partial charge in [0.25, 0.3) is 0 Å². The van der Waals surface area contributed by atoms with E-state index in [9.17, 15) is 0 Å². The van der Waals surface area contributed by atoms with Crippen LogP contribution in [0.1, 0.15) is 30.1 Å². The zero-order valence-corrected chi connectivity index (χ0v) is 14.1. The van der Waals surface area contributed by atoms with Gasteiger partial charge in [-0.15, -0.1) is 0 Å². The Hall–Kier alpha value is -2.66. The van der Waals surface area contributed by atoms with Gasteiger partial charge in [0.05, 0.1) is 12.7 Å². The Balaban J connectivity index is 1.58. The van der Waals surface area contributed by atoms with Crippen LogP contribution in [0.15, 0.2) is 59.4 Å². The van der Waals surface area contributed by atoms with Crippen molar-refractivity contribution in [2.75, 3.05) is 18.4 Å². The molecule has 1 fully saturated rings. The summed E-state index contributed by atoms with van der Waals surface area (Å²) in [6, 6.07) is 14.8. The van der Waals surface area contributed by atoms with Crippen LogP contribution < -0.4 is 10.6 Å². The first-order valence-electron chi connectivity index (χ1n) is 8.79. The molecule has 2 N–H and O–H groups in total. The van der Waals surface area contributed by atoms with E-state index in [1.165, 1.54) is 29.5 Å². The molecule has 3 aromatic rings. The van der Waals surface area contributed by atoms with Gasteiger partial charge in [-0.25, -0.2) is 4.98 Å². The lowest BCUT2D eigenvalue weighted by atomic mass is 9.85. The van der Waals surface area contributed by atoms with Gasteiger partial charge in [-0.05, 0) is 60.7 Å². The summed E-state index contributed by atoms with van der Waals surface area (Å²) in [6.45, 7) is 2.77. The summed E-state index contributed by atoms with van der Waals surface area (Å²) in [4.78, 5) is 4.42. The Bertz CT molecular complexity index is 810. The van der Waals surface area contributed by atoms with Crippen LogP contribution in [0.4, 0.5) is 5.82 Å². The molecule has 0 radical (unpaired) electrons. The van der Waals surface area contributed by atoms with Crippen molar-refractivity contribution in [2.45, 2.75) is 25.3 Å². The highest BCUT2D eigenvalue weighted by atomic mass is 16.5. The average molecular weight is 334 g/mol. The number of benzene rings is 1. The Labute approximate surface area is 147 Å². The van der Waals surface area contributed by atoms with Gasteiger partial charge in [-0.1, -0.05) is 29.4 Å². The molecular weight excluding hydrogens is 312 g/mol. The third kappa shape index (κ3) is 3.72. The summed E-state index contributed by atoms with van der Waals surface area (Å²) in [5.74, 6) is 2.26. The Kier molecular flexibility index (Phi) is 4.74. The second-order valence-electron chi connectivity index (χ2n) is 6.37. The van der Waals surface area contributed by atoms with E-state index in [-0.39, 0.29) is 0 Å². The molecule has 1 aliphatic rings. The first kappa shape index (κ1) is 15.8. The maximum atomic E-state index is 5.12. The Morgan fingerprint density at radius 3 is 2.80 bits per heavy atom. The monoisotopic (exact) mass is 334 g/mol. The van der Waals surface area contributed by atoms with Crippen LogP contribution in [0.5, 0.6) is 0 Å². The molecule has 0 bridgehead atoms. The van der Waals surface area contributed by atoms with Gasteiger partial charge in [-0.2, -0.15) is 0 Å². The molecule has 0 aliphatic carbocycles. The van der Waals surface area contributed by atoms with Crippen LogP contribution in [0.25, 0.3) is 11.1 Å². The molecule has 5 nitrogen and oxygen atoms in total. The lowest BCUT2D eigenvalue weighted by molar-refractivity contribution is 0.388. The van der Waals surface area contributed by atoms with E-state index in [0.29, 0.717) is 12.5 Å². The predicted molar refractivity (Wildman–Crippen MR) is 98.3 cm³/mol. The summed E-state index contributed by atoms with van der Waals surface area (Å²) in [7, 11) is 0. The molecule has 3 heterocycles. The number of nitrogens with one attached hydrogen (secondary N) is 2. The Morgan fingerprint density at radius 2 is 1.96 bits per heavy atom. The maximum absolute atomic E-state index is 5.12. The molecule has 128 valence electrons. The number of rotatable bonds is 5. The predicted octanol–water partition coefficient (Wildman–Crippen LogP) is 3.82. The zero-order chi connectivity index (χ0) is 16.9. The molecule has 1 aromatic carbocycles. The van der Waals surface area contributed by atoms with Crippen LogP contribution in [0, 0.1) is 0 Å². The maximum Gasteiger partial charge on any atom is 0.155 e. The summed E-state index contributed by atoms with van der Waals surface area (Å²) < 4.78 is 5.12. The van der Waals surface area contributed by atoms with Crippen LogP contribution in [-0.2, 0) is 6.54 Å². The van der Waals surface area contributed by atoms with Crippen LogP contribution in [0.2, 0.25) is 0 Å². The highest BCUT2D eigenvalue weighted by molar-refractivity contribution is 5.70. The van der Waals surface area contributed by atoms with Gasteiger partial charge in [-0.3, -0.25) is 0 Å². The number of hydrogen-bond acceptors (Lipinski definition) is 5. The molecule has 25 heavy (non-hydrogen) atoms. The van der Waals surface area contributed by atoms with E-state index in [1.807, 2.05) is 12.3 Å². The molecule has 0 atom stereocenters. The number of hydrogen-bond donors (Lipinski definition) is 2. The van der Waals surface area contributed by atoms with Gasteiger partial charge >= 0.3 is 0 Å². The van der Waals surface area contributed by atoms with Crippen molar-refractivity contribution in [3.8, 4) is 11.1 Å². The van der Waals surface area contributed by atoms with E-state index in [0.717, 1.165) is 24.7 Å². The summed E-state index contributed by atoms with van der Waals surface area (Å²) in [5.41, 5.74) is 3.94. The number of anilines is 1.